The van der Waals surface area contributed by atoms with Gasteiger partial charge in [-0.1, -0.05) is 35.1 Å². The van der Waals surface area contributed by atoms with E-state index in [2.05, 4.69) is 41.0 Å². The zero-order chi connectivity index (χ0) is 24.9. The van der Waals surface area contributed by atoms with Crippen molar-refractivity contribution in [2.24, 2.45) is 0 Å². The largest absolute Gasteiger partial charge is 0.444 e. The number of thiazole rings is 1. The molecule has 2 aromatic carbocycles. The lowest BCUT2D eigenvalue weighted by atomic mass is 9.85. The van der Waals surface area contributed by atoms with Crippen molar-refractivity contribution in [1.29, 1.82) is 0 Å². The fourth-order valence-corrected chi connectivity index (χ4v) is 5.41. The minimum absolute atomic E-state index is 0.0469. The Morgan fingerprint density at radius 2 is 1.94 bits per heavy atom. The van der Waals surface area contributed by atoms with Crippen LogP contribution in [0.1, 0.15) is 49.5 Å². The predicted octanol–water partition coefficient (Wildman–Crippen LogP) is 5.65. The van der Waals surface area contributed by atoms with E-state index in [1.807, 2.05) is 45.0 Å². The second kappa shape index (κ2) is 8.68. The molecule has 182 valence electrons. The number of benzene rings is 2. The van der Waals surface area contributed by atoms with Gasteiger partial charge in [0.25, 0.3) is 5.91 Å². The zero-order valence-electron chi connectivity index (χ0n) is 20.7. The number of hydrogen-bond donors (Lipinski definition) is 1. The number of amides is 2. The summed E-state index contributed by atoms with van der Waals surface area (Å²) in [6.07, 6.45) is 3.17. The van der Waals surface area contributed by atoms with Crippen LogP contribution in [-0.4, -0.2) is 51.0 Å². The monoisotopic (exact) mass is 490 g/mol. The van der Waals surface area contributed by atoms with Gasteiger partial charge in [-0.3, -0.25) is 9.20 Å². The Morgan fingerprint density at radius 3 is 2.66 bits per heavy atom. The molecule has 1 N–H and O–H groups in total. The molecule has 7 nitrogen and oxygen atoms in total. The summed E-state index contributed by atoms with van der Waals surface area (Å²) < 4.78 is 8.54. The Hall–Kier alpha value is -3.39. The zero-order valence-corrected chi connectivity index (χ0v) is 21.5. The van der Waals surface area contributed by atoms with E-state index in [1.165, 1.54) is 5.56 Å². The van der Waals surface area contributed by atoms with Gasteiger partial charge in [0.2, 0.25) is 0 Å². The van der Waals surface area contributed by atoms with Crippen molar-refractivity contribution in [3.8, 4) is 11.3 Å². The number of hydrogen-bond acceptors (Lipinski definition) is 5. The van der Waals surface area contributed by atoms with Crippen LogP contribution in [0.2, 0.25) is 0 Å². The minimum atomic E-state index is -0.521. The van der Waals surface area contributed by atoms with Gasteiger partial charge in [0.1, 0.15) is 5.60 Å². The number of imidazole rings is 1. The average molecular weight is 491 g/mol. The Labute approximate surface area is 208 Å². The summed E-state index contributed by atoms with van der Waals surface area (Å²) in [7, 11) is 1.75. The third kappa shape index (κ3) is 4.75. The SMILES string of the molecule is Cc1cccc(-c2cn3c(n2)sc2cc(C(=O)NC4CC(N(C)C(=O)OC(C)(C)C)C4)ccc23)c1. The molecule has 0 atom stereocenters. The third-order valence-corrected chi connectivity index (χ3v) is 7.37. The van der Waals surface area contributed by atoms with E-state index in [0.29, 0.717) is 5.56 Å². The molecule has 8 heteroatoms. The number of carbonyl (C=O) groups is 2. The molecule has 0 radical (unpaired) electrons. The first-order valence-corrected chi connectivity index (χ1v) is 12.6. The third-order valence-electron chi connectivity index (χ3n) is 6.35. The van der Waals surface area contributed by atoms with E-state index in [0.717, 1.165) is 39.3 Å². The number of nitrogens with zero attached hydrogens (tertiary/aromatic N) is 3. The van der Waals surface area contributed by atoms with Crippen molar-refractivity contribution in [3.05, 3.63) is 59.8 Å². The number of carbonyl (C=O) groups excluding carboxylic acids is 2. The van der Waals surface area contributed by atoms with Crippen LogP contribution in [0.15, 0.2) is 48.7 Å². The van der Waals surface area contributed by atoms with Gasteiger partial charge in [-0.2, -0.15) is 0 Å². The van der Waals surface area contributed by atoms with E-state index in [1.54, 1.807) is 23.3 Å². The summed E-state index contributed by atoms with van der Waals surface area (Å²) in [5.74, 6) is -0.0956. The summed E-state index contributed by atoms with van der Waals surface area (Å²) in [5.41, 5.74) is 4.39. The quantitative estimate of drug-likeness (QED) is 0.401. The van der Waals surface area contributed by atoms with Crippen LogP contribution in [0.3, 0.4) is 0 Å². The second-order valence-corrected chi connectivity index (χ2v) is 11.3. The summed E-state index contributed by atoms with van der Waals surface area (Å²) in [6.45, 7) is 7.64. The van der Waals surface area contributed by atoms with Crippen LogP contribution < -0.4 is 5.32 Å². The maximum atomic E-state index is 12.9. The molecule has 5 rings (SSSR count). The van der Waals surface area contributed by atoms with E-state index in [-0.39, 0.29) is 24.1 Å². The molecule has 2 heterocycles. The summed E-state index contributed by atoms with van der Waals surface area (Å²) in [6, 6.07) is 14.2. The van der Waals surface area contributed by atoms with E-state index in [4.69, 9.17) is 9.72 Å². The fraction of sp³-hybridized carbons (Fsp3) is 0.370. The molecule has 2 aromatic heterocycles. The minimum Gasteiger partial charge on any atom is -0.444 e. The molecule has 1 aliphatic carbocycles. The smallest absolute Gasteiger partial charge is 0.410 e. The maximum Gasteiger partial charge on any atom is 0.410 e. The van der Waals surface area contributed by atoms with Gasteiger partial charge in [0, 0.05) is 36.5 Å². The number of aromatic nitrogens is 2. The highest BCUT2D eigenvalue weighted by Gasteiger charge is 2.36. The lowest BCUT2D eigenvalue weighted by molar-refractivity contribution is 0.0106. The van der Waals surface area contributed by atoms with E-state index in [9.17, 15) is 9.59 Å². The van der Waals surface area contributed by atoms with Crippen molar-refractivity contribution in [3.63, 3.8) is 0 Å². The van der Waals surface area contributed by atoms with Crippen molar-refractivity contribution in [2.45, 2.75) is 58.2 Å². The number of aryl methyl sites for hydroxylation is 1. The highest BCUT2D eigenvalue weighted by Crippen LogP contribution is 2.31. The Kier molecular flexibility index (Phi) is 5.79. The Balaban J connectivity index is 1.24. The molecule has 1 saturated carbocycles. The number of ether oxygens (including phenoxy) is 1. The van der Waals surface area contributed by atoms with Crippen molar-refractivity contribution < 1.29 is 14.3 Å². The maximum absolute atomic E-state index is 12.9. The molecule has 2 amide bonds. The van der Waals surface area contributed by atoms with Gasteiger partial charge < -0.3 is 15.0 Å². The van der Waals surface area contributed by atoms with Crippen LogP contribution in [-0.2, 0) is 4.74 Å². The number of nitrogens with one attached hydrogen (secondary N) is 1. The van der Waals surface area contributed by atoms with Crippen molar-refractivity contribution in [2.75, 3.05) is 7.05 Å². The van der Waals surface area contributed by atoms with Gasteiger partial charge in [-0.15, -0.1) is 0 Å². The van der Waals surface area contributed by atoms with Crippen LogP contribution in [0.5, 0.6) is 0 Å². The molecule has 1 fully saturated rings. The molecule has 4 aromatic rings. The van der Waals surface area contributed by atoms with Crippen LogP contribution in [0, 0.1) is 6.92 Å². The van der Waals surface area contributed by atoms with E-state index >= 15 is 0 Å². The highest BCUT2D eigenvalue weighted by atomic mass is 32.1. The molecule has 0 saturated heterocycles. The second-order valence-electron chi connectivity index (χ2n) is 10.3. The molecule has 1 aliphatic rings. The van der Waals surface area contributed by atoms with Crippen LogP contribution >= 0.6 is 11.3 Å². The van der Waals surface area contributed by atoms with Gasteiger partial charge in [0.05, 0.1) is 15.9 Å². The first-order chi connectivity index (χ1) is 16.6. The summed E-state index contributed by atoms with van der Waals surface area (Å²) >= 11 is 1.58. The van der Waals surface area contributed by atoms with Gasteiger partial charge >= 0.3 is 6.09 Å². The van der Waals surface area contributed by atoms with Crippen LogP contribution in [0.4, 0.5) is 4.79 Å². The lowest BCUT2D eigenvalue weighted by Gasteiger charge is -2.41. The summed E-state index contributed by atoms with van der Waals surface area (Å²) in [5, 5.41) is 3.10. The Morgan fingerprint density at radius 1 is 1.17 bits per heavy atom. The first-order valence-electron chi connectivity index (χ1n) is 11.8. The molecular formula is C27H30N4O3S. The highest BCUT2D eigenvalue weighted by molar-refractivity contribution is 7.23. The van der Waals surface area contributed by atoms with E-state index < -0.39 is 5.60 Å². The molecular weight excluding hydrogens is 460 g/mol. The Bertz CT molecular complexity index is 1430. The standard InChI is InChI=1S/C27H30N4O3S/c1-16-7-6-8-17(11-16)21-15-31-22-10-9-18(12-23(22)35-25(31)29-21)24(32)28-19-13-20(14-19)30(5)26(33)34-27(2,3)4/h6-12,15,19-20H,13-14H2,1-5H3,(H,28,32). The van der Waals surface area contributed by atoms with Crippen molar-refractivity contribution >= 4 is 38.5 Å². The van der Waals surface area contributed by atoms with Gasteiger partial charge in [-0.05, 0) is 64.8 Å². The number of fused-ring (bicyclic) bond motifs is 3. The molecule has 0 bridgehead atoms. The summed E-state index contributed by atoms with van der Waals surface area (Å²) in [4.78, 5) is 32.5. The number of rotatable bonds is 4. The van der Waals surface area contributed by atoms with Gasteiger partial charge in [-0.25, -0.2) is 9.78 Å². The van der Waals surface area contributed by atoms with Crippen molar-refractivity contribution in [1.82, 2.24) is 19.6 Å². The lowest BCUT2D eigenvalue weighted by Crippen LogP contribution is -2.54. The average Bonchev–Trinajstić information content (AvgIpc) is 3.31. The normalized spacial score (nSPS) is 17.9. The molecule has 0 spiro atoms. The predicted molar refractivity (Wildman–Crippen MR) is 139 cm³/mol. The van der Waals surface area contributed by atoms with Gasteiger partial charge in [0.15, 0.2) is 4.96 Å². The van der Waals surface area contributed by atoms with Crippen LogP contribution in [0.25, 0.3) is 26.4 Å². The fourth-order valence-electron chi connectivity index (χ4n) is 4.36. The topological polar surface area (TPSA) is 75.9 Å². The molecule has 35 heavy (non-hydrogen) atoms. The molecule has 0 aliphatic heterocycles. The first kappa shape index (κ1) is 23.4. The molecule has 0 unspecified atom stereocenters.